The Morgan fingerprint density at radius 3 is 2.58 bits per heavy atom. The number of hydrogen-bond acceptors (Lipinski definition) is 1. The van der Waals surface area contributed by atoms with Crippen molar-refractivity contribution in [2.24, 2.45) is 11.8 Å². The minimum atomic E-state index is -0.590. The van der Waals surface area contributed by atoms with Crippen LogP contribution in [-0.2, 0) is 0 Å². The van der Waals surface area contributed by atoms with E-state index in [4.69, 9.17) is 0 Å². The van der Waals surface area contributed by atoms with Gasteiger partial charge < -0.3 is 4.90 Å². The molecule has 2 heteroatoms. The largest absolute Gasteiger partial charge is 0.303 e. The first-order valence-electron chi connectivity index (χ1n) is 4.90. The first-order valence-corrected chi connectivity index (χ1v) is 4.90. The number of nitrogens with zero attached hydrogens (tertiary/aromatic N) is 1. The van der Waals surface area contributed by atoms with Gasteiger partial charge in [-0.1, -0.05) is 13.8 Å². The molecule has 12 heavy (non-hydrogen) atoms. The predicted molar refractivity (Wildman–Crippen MR) is 50.0 cm³/mol. The van der Waals surface area contributed by atoms with Crippen molar-refractivity contribution in [3.8, 4) is 0 Å². The average molecular weight is 173 g/mol. The van der Waals surface area contributed by atoms with Crippen molar-refractivity contribution in [1.29, 1.82) is 0 Å². The number of piperidine rings is 1. The standard InChI is InChI=1S/C10H20FN/c1-8(2)4-9-5-10(11)7-12(3)6-9/h8-10H,4-7H2,1-3H3/t9?,10-/m0/s1. The molecular weight excluding hydrogens is 153 g/mol. The fourth-order valence-corrected chi connectivity index (χ4v) is 2.20. The Morgan fingerprint density at radius 1 is 1.42 bits per heavy atom. The van der Waals surface area contributed by atoms with Crippen molar-refractivity contribution in [3.63, 3.8) is 0 Å². The molecule has 0 N–H and O–H groups in total. The predicted octanol–water partition coefficient (Wildman–Crippen LogP) is 2.32. The van der Waals surface area contributed by atoms with Crippen LogP contribution < -0.4 is 0 Å². The molecule has 0 aliphatic carbocycles. The molecule has 72 valence electrons. The molecule has 0 aromatic heterocycles. The third-order valence-electron chi connectivity index (χ3n) is 2.47. The zero-order valence-electron chi connectivity index (χ0n) is 8.39. The van der Waals surface area contributed by atoms with Gasteiger partial charge in [-0.05, 0) is 31.7 Å². The zero-order valence-corrected chi connectivity index (χ0v) is 8.39. The lowest BCUT2D eigenvalue weighted by atomic mass is 9.89. The summed E-state index contributed by atoms with van der Waals surface area (Å²) in [5.41, 5.74) is 0. The molecule has 1 aliphatic heterocycles. The second-order valence-corrected chi connectivity index (χ2v) is 4.55. The molecule has 1 aliphatic rings. The molecule has 1 heterocycles. The number of alkyl halides is 1. The molecule has 0 radical (unpaired) electrons. The van der Waals surface area contributed by atoms with E-state index in [1.807, 2.05) is 7.05 Å². The highest BCUT2D eigenvalue weighted by molar-refractivity contribution is 4.77. The second-order valence-electron chi connectivity index (χ2n) is 4.55. The van der Waals surface area contributed by atoms with Crippen LogP contribution >= 0.6 is 0 Å². The Balaban J connectivity index is 2.34. The highest BCUT2D eigenvalue weighted by Gasteiger charge is 2.24. The van der Waals surface area contributed by atoms with Crippen molar-refractivity contribution in [3.05, 3.63) is 0 Å². The molecule has 1 nitrogen and oxygen atoms in total. The summed E-state index contributed by atoms with van der Waals surface area (Å²) in [5.74, 6) is 1.28. The van der Waals surface area contributed by atoms with Gasteiger partial charge in [0.1, 0.15) is 6.17 Å². The van der Waals surface area contributed by atoms with Gasteiger partial charge in [0.05, 0.1) is 0 Å². The molecular formula is C10H20FN. The van der Waals surface area contributed by atoms with Crippen LogP contribution in [0.5, 0.6) is 0 Å². The van der Waals surface area contributed by atoms with Crippen molar-refractivity contribution in [2.45, 2.75) is 32.9 Å². The summed E-state index contributed by atoms with van der Waals surface area (Å²) in [6.45, 7) is 6.14. The van der Waals surface area contributed by atoms with Gasteiger partial charge in [-0.25, -0.2) is 4.39 Å². The van der Waals surface area contributed by atoms with E-state index in [-0.39, 0.29) is 0 Å². The van der Waals surface area contributed by atoms with E-state index in [0.717, 1.165) is 13.0 Å². The number of halogens is 1. The van der Waals surface area contributed by atoms with Gasteiger partial charge in [0.25, 0.3) is 0 Å². The summed E-state index contributed by atoms with van der Waals surface area (Å²) in [7, 11) is 2.01. The van der Waals surface area contributed by atoms with Crippen LogP contribution in [0.2, 0.25) is 0 Å². The van der Waals surface area contributed by atoms with Gasteiger partial charge in [0, 0.05) is 13.1 Å². The van der Waals surface area contributed by atoms with Crippen molar-refractivity contribution >= 4 is 0 Å². The topological polar surface area (TPSA) is 3.24 Å². The maximum atomic E-state index is 13.1. The van der Waals surface area contributed by atoms with Crippen LogP contribution in [-0.4, -0.2) is 31.2 Å². The second kappa shape index (κ2) is 4.22. The molecule has 0 aromatic carbocycles. The van der Waals surface area contributed by atoms with Gasteiger partial charge in [0.15, 0.2) is 0 Å². The molecule has 0 spiro atoms. The lowest BCUT2D eigenvalue weighted by Crippen LogP contribution is -2.39. The normalized spacial score (nSPS) is 32.8. The average Bonchev–Trinajstić information content (AvgIpc) is 1.81. The molecule has 1 saturated heterocycles. The van der Waals surface area contributed by atoms with Gasteiger partial charge in [-0.2, -0.15) is 0 Å². The van der Waals surface area contributed by atoms with E-state index in [1.165, 1.54) is 6.42 Å². The van der Waals surface area contributed by atoms with Crippen molar-refractivity contribution in [1.82, 2.24) is 4.90 Å². The van der Waals surface area contributed by atoms with E-state index in [2.05, 4.69) is 18.7 Å². The minimum absolute atomic E-state index is 0.582. The zero-order chi connectivity index (χ0) is 9.14. The maximum Gasteiger partial charge on any atom is 0.113 e. The maximum absolute atomic E-state index is 13.1. The van der Waals surface area contributed by atoms with Crippen molar-refractivity contribution in [2.75, 3.05) is 20.1 Å². The molecule has 0 amide bonds. The van der Waals surface area contributed by atoms with Gasteiger partial charge in [-0.3, -0.25) is 0 Å². The van der Waals surface area contributed by atoms with Gasteiger partial charge in [0.2, 0.25) is 0 Å². The monoisotopic (exact) mass is 173 g/mol. The summed E-state index contributed by atoms with van der Waals surface area (Å²) < 4.78 is 13.1. The van der Waals surface area contributed by atoms with E-state index in [0.29, 0.717) is 18.4 Å². The SMILES string of the molecule is CC(C)CC1C[C@H](F)CN(C)C1. The third kappa shape index (κ3) is 3.10. The first kappa shape index (κ1) is 9.97. The van der Waals surface area contributed by atoms with Crippen LogP contribution in [0.3, 0.4) is 0 Å². The van der Waals surface area contributed by atoms with E-state index in [9.17, 15) is 4.39 Å². The molecule has 2 atom stereocenters. The lowest BCUT2D eigenvalue weighted by molar-refractivity contribution is 0.106. The third-order valence-corrected chi connectivity index (χ3v) is 2.47. The molecule has 0 saturated carbocycles. The van der Waals surface area contributed by atoms with Crippen LogP contribution in [0, 0.1) is 11.8 Å². The molecule has 1 rings (SSSR count). The first-order chi connectivity index (χ1) is 5.58. The Hall–Kier alpha value is -0.110. The fourth-order valence-electron chi connectivity index (χ4n) is 2.20. The van der Waals surface area contributed by atoms with Crippen LogP contribution in [0.1, 0.15) is 26.7 Å². The highest BCUT2D eigenvalue weighted by atomic mass is 19.1. The van der Waals surface area contributed by atoms with E-state index >= 15 is 0 Å². The van der Waals surface area contributed by atoms with E-state index < -0.39 is 6.17 Å². The Labute approximate surface area is 74.9 Å². The summed E-state index contributed by atoms with van der Waals surface area (Å²) in [6.07, 6.45) is 1.36. The molecule has 1 fully saturated rings. The summed E-state index contributed by atoms with van der Waals surface area (Å²) in [4.78, 5) is 2.11. The summed E-state index contributed by atoms with van der Waals surface area (Å²) >= 11 is 0. The van der Waals surface area contributed by atoms with Gasteiger partial charge in [-0.15, -0.1) is 0 Å². The smallest absolute Gasteiger partial charge is 0.113 e. The minimum Gasteiger partial charge on any atom is -0.303 e. The van der Waals surface area contributed by atoms with Crippen molar-refractivity contribution < 1.29 is 4.39 Å². The molecule has 1 unspecified atom stereocenters. The Kier molecular flexibility index (Phi) is 3.51. The number of hydrogen-bond donors (Lipinski definition) is 0. The summed E-state index contributed by atoms with van der Waals surface area (Å²) in [5, 5.41) is 0. The van der Waals surface area contributed by atoms with Crippen LogP contribution in [0.4, 0.5) is 4.39 Å². The van der Waals surface area contributed by atoms with Crippen LogP contribution in [0.25, 0.3) is 0 Å². The fraction of sp³-hybridized carbons (Fsp3) is 1.00. The lowest BCUT2D eigenvalue weighted by Gasteiger charge is -2.32. The van der Waals surface area contributed by atoms with E-state index in [1.54, 1.807) is 0 Å². The molecule has 0 bridgehead atoms. The highest BCUT2D eigenvalue weighted by Crippen LogP contribution is 2.23. The quantitative estimate of drug-likeness (QED) is 0.619. The number of likely N-dealkylation sites (tertiary alicyclic amines) is 1. The molecule has 0 aromatic rings. The number of rotatable bonds is 2. The summed E-state index contributed by atoms with van der Waals surface area (Å²) in [6, 6.07) is 0. The van der Waals surface area contributed by atoms with Gasteiger partial charge >= 0.3 is 0 Å². The van der Waals surface area contributed by atoms with Crippen LogP contribution in [0.15, 0.2) is 0 Å². The Bertz CT molecular complexity index is 123. The Morgan fingerprint density at radius 2 is 2.08 bits per heavy atom.